The Hall–Kier alpha value is -2.39. The van der Waals surface area contributed by atoms with Crippen LogP contribution in [0, 0.1) is 0 Å². The summed E-state index contributed by atoms with van der Waals surface area (Å²) in [5.41, 5.74) is 1.44. The zero-order valence-corrected chi connectivity index (χ0v) is 16.1. The highest BCUT2D eigenvalue weighted by Crippen LogP contribution is 2.30. The summed E-state index contributed by atoms with van der Waals surface area (Å²) in [6, 6.07) is 4.02. The van der Waals surface area contributed by atoms with Gasteiger partial charge in [-0.05, 0) is 31.7 Å². The molecule has 150 valence electrons. The zero-order valence-electron chi connectivity index (χ0n) is 15.2. The number of alkyl halides is 2. The van der Waals surface area contributed by atoms with Gasteiger partial charge in [0.25, 0.3) is 0 Å². The third-order valence-corrected chi connectivity index (χ3v) is 3.60. The fraction of sp³-hybridized carbons (Fsp3) is 0.412. The highest BCUT2D eigenvalue weighted by Gasteiger charge is 2.20. The first kappa shape index (κ1) is 22.7. The van der Waals surface area contributed by atoms with Gasteiger partial charge in [-0.3, -0.25) is 9.48 Å². The van der Waals surface area contributed by atoms with E-state index >= 15 is 0 Å². The summed E-state index contributed by atoms with van der Waals surface area (Å²) in [5, 5.41) is 9.80. The lowest BCUT2D eigenvalue weighted by Crippen LogP contribution is -2.35. The van der Waals surface area contributed by atoms with Gasteiger partial charge in [0.2, 0.25) is 5.91 Å². The fourth-order valence-electron chi connectivity index (χ4n) is 2.45. The molecule has 2 rings (SSSR count). The Morgan fingerprint density at radius 3 is 2.63 bits per heavy atom. The molecule has 1 aromatic carbocycles. The molecule has 2 aromatic rings. The second-order valence-corrected chi connectivity index (χ2v) is 5.48. The molecule has 0 bridgehead atoms. The summed E-state index contributed by atoms with van der Waals surface area (Å²) in [6.07, 6.45) is 3.37. The minimum absolute atomic E-state index is 0. The Balaban J connectivity index is 0.00000364. The summed E-state index contributed by atoms with van der Waals surface area (Å²) in [7, 11) is 3.45. The van der Waals surface area contributed by atoms with Crippen molar-refractivity contribution in [3.8, 4) is 11.5 Å². The number of carbonyl (C=O) groups excluding carboxylic acids is 1. The molecule has 1 unspecified atom stereocenters. The van der Waals surface area contributed by atoms with Crippen LogP contribution in [0.1, 0.15) is 24.1 Å². The average Bonchev–Trinajstić information content (AvgIpc) is 3.01. The van der Waals surface area contributed by atoms with Gasteiger partial charge in [0.05, 0.1) is 12.8 Å². The molecule has 1 aromatic heterocycles. The number of hydrogen-bond acceptors (Lipinski definition) is 5. The Labute approximate surface area is 162 Å². The van der Waals surface area contributed by atoms with Crippen molar-refractivity contribution < 1.29 is 23.0 Å². The van der Waals surface area contributed by atoms with Gasteiger partial charge in [0.15, 0.2) is 11.5 Å². The van der Waals surface area contributed by atoms with E-state index in [1.807, 2.05) is 0 Å². The SMILES string of the molecule is CCOc1cc(CNC(=O)C(NC)c2cnn(C)c2)ccc1OC(F)F.Cl. The van der Waals surface area contributed by atoms with Crippen molar-refractivity contribution in [2.45, 2.75) is 26.1 Å². The number of halogens is 3. The van der Waals surface area contributed by atoms with Gasteiger partial charge in [0.1, 0.15) is 6.04 Å². The molecule has 0 spiro atoms. The molecule has 0 aliphatic heterocycles. The van der Waals surface area contributed by atoms with Crippen molar-refractivity contribution in [1.82, 2.24) is 20.4 Å². The van der Waals surface area contributed by atoms with E-state index in [9.17, 15) is 13.6 Å². The van der Waals surface area contributed by atoms with E-state index in [-0.39, 0.29) is 36.4 Å². The van der Waals surface area contributed by atoms with Crippen LogP contribution in [0.25, 0.3) is 0 Å². The number of carbonyl (C=O) groups is 1. The number of nitrogens with zero attached hydrogens (tertiary/aromatic N) is 2. The van der Waals surface area contributed by atoms with Crippen molar-refractivity contribution in [1.29, 1.82) is 0 Å². The lowest BCUT2D eigenvalue weighted by molar-refractivity contribution is -0.123. The lowest BCUT2D eigenvalue weighted by atomic mass is 10.1. The van der Waals surface area contributed by atoms with Crippen LogP contribution >= 0.6 is 12.4 Å². The lowest BCUT2D eigenvalue weighted by Gasteiger charge is -2.16. The normalized spacial score (nSPS) is 11.6. The molecule has 7 nitrogen and oxygen atoms in total. The van der Waals surface area contributed by atoms with Crippen LogP contribution in [0.5, 0.6) is 11.5 Å². The van der Waals surface area contributed by atoms with Crippen LogP contribution in [0.2, 0.25) is 0 Å². The molecule has 1 amide bonds. The van der Waals surface area contributed by atoms with Gasteiger partial charge in [-0.1, -0.05) is 6.07 Å². The fourth-order valence-corrected chi connectivity index (χ4v) is 2.45. The maximum Gasteiger partial charge on any atom is 0.387 e. The van der Waals surface area contributed by atoms with Crippen molar-refractivity contribution in [3.63, 3.8) is 0 Å². The van der Waals surface area contributed by atoms with Crippen LogP contribution in [-0.2, 0) is 18.4 Å². The smallest absolute Gasteiger partial charge is 0.387 e. The predicted octanol–water partition coefficient (Wildman–Crippen LogP) is 2.42. The molecule has 0 saturated heterocycles. The van der Waals surface area contributed by atoms with E-state index in [0.29, 0.717) is 12.2 Å². The van der Waals surface area contributed by atoms with Crippen molar-refractivity contribution in [2.24, 2.45) is 7.05 Å². The first-order valence-corrected chi connectivity index (χ1v) is 8.08. The van der Waals surface area contributed by atoms with Gasteiger partial charge in [-0.15, -0.1) is 12.4 Å². The van der Waals surface area contributed by atoms with Crippen LogP contribution in [-0.4, -0.2) is 36.0 Å². The number of nitrogens with one attached hydrogen (secondary N) is 2. The molecular formula is C17H23ClF2N4O3. The van der Waals surface area contributed by atoms with E-state index in [1.54, 1.807) is 50.2 Å². The minimum atomic E-state index is -2.93. The van der Waals surface area contributed by atoms with E-state index in [4.69, 9.17) is 4.74 Å². The van der Waals surface area contributed by atoms with Crippen molar-refractivity contribution in [3.05, 3.63) is 41.7 Å². The Kier molecular flexibility index (Phi) is 8.96. The molecule has 0 saturated carbocycles. The number of hydrogen-bond donors (Lipinski definition) is 2. The highest BCUT2D eigenvalue weighted by molar-refractivity contribution is 5.85. The molecular weight excluding hydrogens is 382 g/mol. The van der Waals surface area contributed by atoms with Gasteiger partial charge in [0, 0.05) is 25.4 Å². The maximum atomic E-state index is 12.4. The Morgan fingerprint density at radius 1 is 1.33 bits per heavy atom. The van der Waals surface area contributed by atoms with Gasteiger partial charge in [-0.2, -0.15) is 13.9 Å². The number of amides is 1. The molecule has 0 fully saturated rings. The van der Waals surface area contributed by atoms with E-state index < -0.39 is 12.7 Å². The molecule has 0 aliphatic rings. The van der Waals surface area contributed by atoms with Crippen molar-refractivity contribution >= 4 is 18.3 Å². The molecule has 0 radical (unpaired) electrons. The summed E-state index contributed by atoms with van der Waals surface area (Å²) >= 11 is 0. The van der Waals surface area contributed by atoms with E-state index in [1.165, 1.54) is 6.07 Å². The number of likely N-dealkylation sites (N-methyl/N-ethyl adjacent to an activating group) is 1. The molecule has 2 N–H and O–H groups in total. The predicted molar refractivity (Wildman–Crippen MR) is 98.3 cm³/mol. The Morgan fingerprint density at radius 2 is 2.07 bits per heavy atom. The quantitative estimate of drug-likeness (QED) is 0.671. The van der Waals surface area contributed by atoms with Crippen LogP contribution in [0.4, 0.5) is 8.78 Å². The van der Waals surface area contributed by atoms with Crippen LogP contribution in [0.3, 0.4) is 0 Å². The van der Waals surface area contributed by atoms with Gasteiger partial charge < -0.3 is 20.1 Å². The summed E-state index contributed by atoms with van der Waals surface area (Å²) in [6.45, 7) is -0.674. The number of benzene rings is 1. The summed E-state index contributed by atoms with van der Waals surface area (Å²) in [5.74, 6) is -0.0660. The number of aromatic nitrogens is 2. The van der Waals surface area contributed by atoms with Gasteiger partial charge >= 0.3 is 6.61 Å². The molecule has 1 heterocycles. The molecule has 10 heteroatoms. The third kappa shape index (κ3) is 6.37. The second-order valence-electron chi connectivity index (χ2n) is 5.48. The Bertz CT molecular complexity index is 743. The second kappa shape index (κ2) is 10.7. The van der Waals surface area contributed by atoms with Crippen LogP contribution < -0.4 is 20.1 Å². The largest absolute Gasteiger partial charge is 0.490 e. The van der Waals surface area contributed by atoms with Crippen molar-refractivity contribution in [2.75, 3.05) is 13.7 Å². The maximum absolute atomic E-state index is 12.4. The number of aryl methyl sites for hydroxylation is 1. The third-order valence-electron chi connectivity index (χ3n) is 3.60. The molecule has 1 atom stereocenters. The topological polar surface area (TPSA) is 77.4 Å². The van der Waals surface area contributed by atoms with E-state index in [2.05, 4.69) is 20.5 Å². The first-order chi connectivity index (χ1) is 12.4. The number of rotatable bonds is 9. The summed E-state index contributed by atoms with van der Waals surface area (Å²) < 4.78 is 36.3. The monoisotopic (exact) mass is 404 g/mol. The summed E-state index contributed by atoms with van der Waals surface area (Å²) in [4.78, 5) is 12.4. The number of ether oxygens (including phenoxy) is 2. The standard InChI is InChI=1S/C17H22F2N4O3.ClH/c1-4-25-14-7-11(5-6-13(14)26-17(18)19)8-21-16(24)15(20-2)12-9-22-23(3)10-12;/h5-7,9-10,15,17,20H,4,8H2,1-3H3,(H,21,24);1H. The average molecular weight is 405 g/mol. The zero-order chi connectivity index (χ0) is 19.1. The molecule has 0 aliphatic carbocycles. The van der Waals surface area contributed by atoms with E-state index in [0.717, 1.165) is 5.56 Å². The first-order valence-electron chi connectivity index (χ1n) is 8.08. The highest BCUT2D eigenvalue weighted by atomic mass is 35.5. The minimum Gasteiger partial charge on any atom is -0.490 e. The molecule has 27 heavy (non-hydrogen) atoms. The van der Waals surface area contributed by atoms with Gasteiger partial charge in [-0.25, -0.2) is 0 Å². The van der Waals surface area contributed by atoms with Crippen LogP contribution in [0.15, 0.2) is 30.6 Å².